The predicted octanol–water partition coefficient (Wildman–Crippen LogP) is 1.73. The number of aliphatic hydroxyl groups excluding tert-OH is 1. The second-order valence-electron chi connectivity index (χ2n) is 3.27. The quantitative estimate of drug-likeness (QED) is 0.640. The van der Waals surface area contributed by atoms with E-state index < -0.39 is 40.0 Å². The lowest BCUT2D eigenvalue weighted by atomic mass is 10.0. The number of hydrogen-bond acceptors (Lipinski definition) is 4. The number of rotatable bonds is 3. The van der Waals surface area contributed by atoms with Crippen molar-refractivity contribution in [2.75, 3.05) is 0 Å². The minimum Gasteiger partial charge on any atom is -0.479 e. The van der Waals surface area contributed by atoms with Gasteiger partial charge in [0.1, 0.15) is 0 Å². The molecule has 9 heteroatoms. The van der Waals surface area contributed by atoms with E-state index in [0.29, 0.717) is 12.1 Å². The van der Waals surface area contributed by atoms with Crippen LogP contribution in [0.5, 0.6) is 0 Å². The first-order chi connectivity index (χ1) is 8.14. The van der Waals surface area contributed by atoms with Crippen LogP contribution in [0.3, 0.4) is 0 Å². The molecule has 0 fully saturated rings. The van der Waals surface area contributed by atoms with Gasteiger partial charge in [0.25, 0.3) is 5.69 Å². The highest BCUT2D eigenvalue weighted by atomic mass is 19.4. The van der Waals surface area contributed by atoms with Crippen LogP contribution in [0.25, 0.3) is 0 Å². The van der Waals surface area contributed by atoms with E-state index >= 15 is 0 Å². The molecular formula is C9H6F3NO5. The number of halogens is 3. The fraction of sp³-hybridized carbons (Fsp3) is 0.222. The van der Waals surface area contributed by atoms with E-state index in [9.17, 15) is 28.1 Å². The number of aliphatic carboxylic acids is 1. The fourth-order valence-corrected chi connectivity index (χ4v) is 1.24. The summed E-state index contributed by atoms with van der Waals surface area (Å²) in [5.41, 5.74) is -3.10. The second kappa shape index (κ2) is 4.61. The zero-order valence-corrected chi connectivity index (χ0v) is 8.51. The van der Waals surface area contributed by atoms with Crippen molar-refractivity contribution in [3.05, 3.63) is 39.4 Å². The standard InChI is InChI=1S/C9H6F3NO5/c10-9(11,12)4-1-2-5(7(14)8(15)16)6(3-4)13(17)18/h1-3,7,14H,(H,15,16)/t7-/m1/s1. The van der Waals surface area contributed by atoms with E-state index in [1.807, 2.05) is 0 Å². The molecule has 0 aliphatic rings. The molecule has 6 nitrogen and oxygen atoms in total. The summed E-state index contributed by atoms with van der Waals surface area (Å²) in [6.45, 7) is 0. The largest absolute Gasteiger partial charge is 0.479 e. The maximum absolute atomic E-state index is 12.3. The van der Waals surface area contributed by atoms with Gasteiger partial charge in [-0.2, -0.15) is 13.2 Å². The summed E-state index contributed by atoms with van der Waals surface area (Å²) in [4.78, 5) is 19.8. The number of benzene rings is 1. The molecule has 0 aliphatic carbocycles. The van der Waals surface area contributed by atoms with Crippen molar-refractivity contribution in [1.82, 2.24) is 0 Å². The van der Waals surface area contributed by atoms with E-state index in [0.717, 1.165) is 0 Å². The van der Waals surface area contributed by atoms with Crippen LogP contribution < -0.4 is 0 Å². The van der Waals surface area contributed by atoms with Gasteiger partial charge in [0, 0.05) is 6.07 Å². The Kier molecular flexibility index (Phi) is 3.56. The lowest BCUT2D eigenvalue weighted by Gasteiger charge is -2.10. The number of carboxylic acids is 1. The first-order valence-corrected chi connectivity index (χ1v) is 4.41. The number of nitro groups is 1. The van der Waals surface area contributed by atoms with Gasteiger partial charge in [0.2, 0.25) is 0 Å². The van der Waals surface area contributed by atoms with Gasteiger partial charge in [0.15, 0.2) is 6.10 Å². The molecule has 0 saturated heterocycles. The maximum Gasteiger partial charge on any atom is 0.416 e. The monoisotopic (exact) mass is 265 g/mol. The molecule has 0 bridgehead atoms. The molecule has 0 amide bonds. The summed E-state index contributed by atoms with van der Waals surface area (Å²) in [5, 5.41) is 28.2. The molecule has 0 aliphatic heterocycles. The van der Waals surface area contributed by atoms with Gasteiger partial charge in [-0.25, -0.2) is 4.79 Å². The van der Waals surface area contributed by atoms with Crippen LogP contribution in [-0.4, -0.2) is 21.1 Å². The molecule has 0 saturated carbocycles. The predicted molar refractivity (Wildman–Crippen MR) is 50.7 cm³/mol. The molecule has 18 heavy (non-hydrogen) atoms. The van der Waals surface area contributed by atoms with Crippen LogP contribution in [-0.2, 0) is 11.0 Å². The third kappa shape index (κ3) is 2.74. The normalized spacial score (nSPS) is 13.1. The van der Waals surface area contributed by atoms with Crippen LogP contribution >= 0.6 is 0 Å². The Morgan fingerprint density at radius 1 is 1.39 bits per heavy atom. The molecule has 98 valence electrons. The van der Waals surface area contributed by atoms with Crippen molar-refractivity contribution in [3.8, 4) is 0 Å². The summed E-state index contributed by atoms with van der Waals surface area (Å²) in [5.74, 6) is -1.79. The number of nitrogens with zero attached hydrogens (tertiary/aromatic N) is 1. The molecule has 0 unspecified atom stereocenters. The van der Waals surface area contributed by atoms with Gasteiger partial charge >= 0.3 is 12.1 Å². The van der Waals surface area contributed by atoms with Crippen molar-refractivity contribution in [2.45, 2.75) is 12.3 Å². The summed E-state index contributed by atoms with van der Waals surface area (Å²) < 4.78 is 37.0. The zero-order valence-electron chi connectivity index (χ0n) is 8.51. The Hall–Kier alpha value is -2.16. The molecule has 1 aromatic carbocycles. The Morgan fingerprint density at radius 3 is 2.33 bits per heavy atom. The third-order valence-corrected chi connectivity index (χ3v) is 2.08. The Balaban J connectivity index is 3.39. The van der Waals surface area contributed by atoms with Gasteiger partial charge < -0.3 is 10.2 Å². The third-order valence-electron chi connectivity index (χ3n) is 2.08. The summed E-state index contributed by atoms with van der Waals surface area (Å²) >= 11 is 0. The van der Waals surface area contributed by atoms with Crippen molar-refractivity contribution < 1.29 is 33.1 Å². The highest BCUT2D eigenvalue weighted by molar-refractivity contribution is 5.76. The number of hydrogen-bond donors (Lipinski definition) is 2. The topological polar surface area (TPSA) is 101 Å². The highest BCUT2D eigenvalue weighted by Gasteiger charge is 2.34. The number of aliphatic hydroxyl groups is 1. The van der Waals surface area contributed by atoms with Crippen molar-refractivity contribution in [3.63, 3.8) is 0 Å². The van der Waals surface area contributed by atoms with E-state index in [4.69, 9.17) is 10.2 Å². The van der Waals surface area contributed by atoms with E-state index in [1.54, 1.807) is 0 Å². The minimum absolute atomic E-state index is 0.182. The molecule has 0 aromatic heterocycles. The van der Waals surface area contributed by atoms with E-state index in [-0.39, 0.29) is 6.07 Å². The van der Waals surface area contributed by atoms with Crippen molar-refractivity contribution in [1.29, 1.82) is 0 Å². The van der Waals surface area contributed by atoms with E-state index in [2.05, 4.69) is 0 Å². The van der Waals surface area contributed by atoms with Crippen LogP contribution in [0.15, 0.2) is 18.2 Å². The molecule has 1 aromatic rings. The van der Waals surface area contributed by atoms with Crippen LogP contribution in [0, 0.1) is 10.1 Å². The SMILES string of the molecule is O=C(O)[C@H](O)c1ccc(C(F)(F)F)cc1[N+](=O)[O-]. The molecule has 0 spiro atoms. The van der Waals surface area contributed by atoms with E-state index in [1.165, 1.54) is 0 Å². The Morgan fingerprint density at radius 2 is 1.94 bits per heavy atom. The first kappa shape index (κ1) is 13.9. The smallest absolute Gasteiger partial charge is 0.416 e. The molecule has 0 heterocycles. The van der Waals surface area contributed by atoms with Gasteiger partial charge in [-0.3, -0.25) is 10.1 Å². The van der Waals surface area contributed by atoms with Crippen molar-refractivity contribution in [2.24, 2.45) is 0 Å². The van der Waals surface area contributed by atoms with Gasteiger partial charge in [0.05, 0.1) is 16.1 Å². The maximum atomic E-state index is 12.3. The Labute approximate surface area is 97.4 Å². The fourth-order valence-electron chi connectivity index (χ4n) is 1.24. The summed E-state index contributed by atoms with van der Waals surface area (Å²) in [6.07, 6.45) is -7.05. The summed E-state index contributed by atoms with van der Waals surface area (Å²) in [6, 6.07) is 1.22. The number of alkyl halides is 3. The minimum atomic E-state index is -4.79. The number of nitro benzene ring substituents is 1. The molecule has 0 radical (unpaired) electrons. The summed E-state index contributed by atoms with van der Waals surface area (Å²) in [7, 11) is 0. The van der Waals surface area contributed by atoms with Crippen LogP contribution in [0.1, 0.15) is 17.2 Å². The van der Waals surface area contributed by atoms with Crippen LogP contribution in [0.2, 0.25) is 0 Å². The number of carboxylic acid groups (broad SMARTS) is 1. The average molecular weight is 265 g/mol. The Bertz CT molecular complexity index is 499. The van der Waals surface area contributed by atoms with Gasteiger partial charge in [-0.05, 0) is 12.1 Å². The lowest BCUT2D eigenvalue weighted by Crippen LogP contribution is -2.14. The lowest BCUT2D eigenvalue weighted by molar-refractivity contribution is -0.386. The number of carbonyl (C=O) groups is 1. The average Bonchev–Trinajstić information content (AvgIpc) is 2.25. The highest BCUT2D eigenvalue weighted by Crippen LogP contribution is 2.34. The zero-order chi connectivity index (χ0) is 14.1. The molecular weight excluding hydrogens is 259 g/mol. The van der Waals surface area contributed by atoms with Crippen molar-refractivity contribution >= 4 is 11.7 Å². The molecule has 1 rings (SSSR count). The molecule has 1 atom stereocenters. The van der Waals surface area contributed by atoms with Gasteiger partial charge in [-0.15, -0.1) is 0 Å². The first-order valence-electron chi connectivity index (χ1n) is 4.41. The van der Waals surface area contributed by atoms with Gasteiger partial charge in [-0.1, -0.05) is 0 Å². The second-order valence-corrected chi connectivity index (χ2v) is 3.27. The molecule has 2 N–H and O–H groups in total. The van der Waals surface area contributed by atoms with Crippen LogP contribution in [0.4, 0.5) is 18.9 Å².